The average Bonchev–Trinajstić information content (AvgIpc) is 2.84. The van der Waals surface area contributed by atoms with Crippen molar-refractivity contribution in [1.82, 2.24) is 9.80 Å². The van der Waals surface area contributed by atoms with Crippen molar-refractivity contribution in [3.63, 3.8) is 0 Å². The van der Waals surface area contributed by atoms with Crippen LogP contribution in [0.5, 0.6) is 5.75 Å². The minimum absolute atomic E-state index is 0.0487. The average molecular weight is 543 g/mol. The Kier molecular flexibility index (Phi) is 10.7. The maximum Gasteiger partial charge on any atom is 0.410 e. The molecular weight excluding hydrogens is 504 g/mol. The van der Waals surface area contributed by atoms with E-state index in [1.54, 1.807) is 53.1 Å². The van der Waals surface area contributed by atoms with Crippen LogP contribution in [0.25, 0.3) is 0 Å². The molecule has 13 nitrogen and oxygen atoms in total. The van der Waals surface area contributed by atoms with E-state index < -0.39 is 54.5 Å². The first-order valence-corrected chi connectivity index (χ1v) is 12.2. The summed E-state index contributed by atoms with van der Waals surface area (Å²) >= 11 is 0. The molecule has 1 heterocycles. The monoisotopic (exact) mass is 542 g/mol. The SMILES string of the molecule is CCc1cc(COC(=O)N(C)CCN(C)C(=O)OC(C)(C)C)ccc1O[C@@H]1O[C@H](C(=O)O)[C@@H](O)[C@H](O)[C@H]1O. The van der Waals surface area contributed by atoms with Crippen LogP contribution in [0.2, 0.25) is 0 Å². The lowest BCUT2D eigenvalue weighted by molar-refractivity contribution is -0.271. The largest absolute Gasteiger partial charge is 0.479 e. The van der Waals surface area contributed by atoms with Crippen LogP contribution in [0.15, 0.2) is 18.2 Å². The van der Waals surface area contributed by atoms with E-state index in [4.69, 9.17) is 18.9 Å². The molecule has 2 rings (SSSR count). The lowest BCUT2D eigenvalue weighted by Crippen LogP contribution is -2.61. The number of aliphatic hydroxyl groups is 3. The van der Waals surface area contributed by atoms with Gasteiger partial charge >= 0.3 is 18.2 Å². The number of carbonyl (C=O) groups is 3. The van der Waals surface area contributed by atoms with Crippen LogP contribution in [0, 0.1) is 0 Å². The number of aliphatic carboxylic acids is 1. The van der Waals surface area contributed by atoms with Crippen molar-refractivity contribution in [2.45, 2.75) is 77.0 Å². The van der Waals surface area contributed by atoms with Crippen LogP contribution < -0.4 is 4.74 Å². The molecule has 0 radical (unpaired) electrons. The molecule has 2 amide bonds. The summed E-state index contributed by atoms with van der Waals surface area (Å²) in [7, 11) is 3.12. The van der Waals surface area contributed by atoms with Crippen LogP contribution in [-0.4, -0.2) is 112 Å². The predicted molar refractivity (Wildman–Crippen MR) is 132 cm³/mol. The fourth-order valence-electron chi connectivity index (χ4n) is 3.47. The zero-order valence-electron chi connectivity index (χ0n) is 22.5. The maximum atomic E-state index is 12.4. The number of nitrogens with zero attached hydrogens (tertiary/aromatic N) is 2. The molecular formula is C25H38N2O11. The number of aryl methyl sites for hydroxylation is 1. The molecule has 214 valence electrons. The van der Waals surface area contributed by atoms with E-state index in [2.05, 4.69) is 0 Å². The van der Waals surface area contributed by atoms with Crippen LogP contribution in [0.1, 0.15) is 38.8 Å². The van der Waals surface area contributed by atoms with Crippen LogP contribution >= 0.6 is 0 Å². The third kappa shape index (κ3) is 8.45. The Bertz CT molecular complexity index is 981. The number of hydrogen-bond donors (Lipinski definition) is 4. The van der Waals surface area contributed by atoms with Gasteiger partial charge in [0.2, 0.25) is 6.29 Å². The fraction of sp³-hybridized carbons (Fsp3) is 0.640. The number of likely N-dealkylation sites (N-methyl/N-ethyl adjacent to an activating group) is 2. The number of carbonyl (C=O) groups excluding carboxylic acids is 2. The van der Waals surface area contributed by atoms with Gasteiger partial charge in [-0.1, -0.05) is 13.0 Å². The van der Waals surface area contributed by atoms with Crippen molar-refractivity contribution in [2.75, 3.05) is 27.2 Å². The summed E-state index contributed by atoms with van der Waals surface area (Å²) in [6.07, 6.45) is -9.20. The van der Waals surface area contributed by atoms with Gasteiger partial charge in [-0.2, -0.15) is 0 Å². The molecule has 1 fully saturated rings. The number of ether oxygens (including phenoxy) is 4. The van der Waals surface area contributed by atoms with Crippen molar-refractivity contribution in [1.29, 1.82) is 0 Å². The molecule has 1 saturated heterocycles. The van der Waals surface area contributed by atoms with Crippen LogP contribution in [-0.2, 0) is 32.0 Å². The number of amides is 2. The zero-order valence-corrected chi connectivity index (χ0v) is 22.5. The van der Waals surface area contributed by atoms with Gasteiger partial charge in [0.15, 0.2) is 6.10 Å². The lowest BCUT2D eigenvalue weighted by Gasteiger charge is -2.38. The van der Waals surface area contributed by atoms with Crippen LogP contribution in [0.4, 0.5) is 9.59 Å². The molecule has 0 aliphatic carbocycles. The van der Waals surface area contributed by atoms with E-state index in [0.29, 0.717) is 17.5 Å². The molecule has 0 aromatic heterocycles. The molecule has 13 heteroatoms. The van der Waals surface area contributed by atoms with Gasteiger partial charge in [-0.3, -0.25) is 0 Å². The highest BCUT2D eigenvalue weighted by Gasteiger charge is 2.48. The van der Waals surface area contributed by atoms with Gasteiger partial charge in [0.05, 0.1) is 0 Å². The Morgan fingerprint density at radius 1 is 0.974 bits per heavy atom. The lowest BCUT2D eigenvalue weighted by atomic mass is 9.99. The molecule has 0 bridgehead atoms. The van der Waals surface area contributed by atoms with Gasteiger partial charge in [-0.05, 0) is 50.5 Å². The number of aliphatic hydroxyl groups excluding tert-OH is 3. The van der Waals surface area contributed by atoms with Crippen molar-refractivity contribution >= 4 is 18.2 Å². The summed E-state index contributed by atoms with van der Waals surface area (Å²) < 4.78 is 21.5. The van der Waals surface area contributed by atoms with Crippen molar-refractivity contribution in [2.24, 2.45) is 0 Å². The number of hydrogen-bond acceptors (Lipinski definition) is 10. The van der Waals surface area contributed by atoms with Gasteiger partial charge in [-0.15, -0.1) is 0 Å². The van der Waals surface area contributed by atoms with E-state index in [0.717, 1.165) is 0 Å². The molecule has 1 aliphatic heterocycles. The molecule has 1 aromatic carbocycles. The highest BCUT2D eigenvalue weighted by molar-refractivity contribution is 5.73. The van der Waals surface area contributed by atoms with E-state index in [-0.39, 0.29) is 25.4 Å². The normalized spacial score (nSPS) is 23.3. The first-order valence-electron chi connectivity index (χ1n) is 12.2. The Hall–Kier alpha value is -3.13. The van der Waals surface area contributed by atoms with E-state index >= 15 is 0 Å². The maximum absolute atomic E-state index is 12.4. The van der Waals surface area contributed by atoms with Crippen molar-refractivity contribution < 1.29 is 53.8 Å². The van der Waals surface area contributed by atoms with Crippen LogP contribution in [0.3, 0.4) is 0 Å². The summed E-state index contributed by atoms with van der Waals surface area (Å²) in [5, 5.41) is 39.2. The van der Waals surface area contributed by atoms with E-state index in [1.807, 2.05) is 6.92 Å². The van der Waals surface area contributed by atoms with Crippen molar-refractivity contribution in [3.8, 4) is 5.75 Å². The molecule has 4 N–H and O–H groups in total. The zero-order chi connectivity index (χ0) is 28.8. The number of benzene rings is 1. The third-order valence-corrected chi connectivity index (χ3v) is 5.71. The number of carboxylic acids is 1. The van der Waals surface area contributed by atoms with Gasteiger partial charge in [0, 0.05) is 27.2 Å². The smallest absolute Gasteiger partial charge is 0.410 e. The van der Waals surface area contributed by atoms with E-state index in [9.17, 15) is 34.8 Å². The standard InChI is InChI=1S/C25H38N2O11/c1-7-15-12-14(13-35-23(33)26(5)10-11-27(6)24(34)38-25(2,3)4)8-9-16(15)36-22-19(30)17(28)18(29)20(37-22)21(31)32/h8-9,12,17-20,22,28-30H,7,10-11,13H2,1-6H3,(H,31,32)/t17-,18-,19+,20-,22+/m0/s1. The second kappa shape index (κ2) is 13.1. The second-order valence-electron chi connectivity index (χ2n) is 10.0. The molecule has 0 spiro atoms. The first-order chi connectivity index (χ1) is 17.6. The Balaban J connectivity index is 1.94. The molecule has 1 aromatic rings. The first kappa shape index (κ1) is 31.1. The van der Waals surface area contributed by atoms with E-state index in [1.165, 1.54) is 9.80 Å². The second-order valence-corrected chi connectivity index (χ2v) is 10.0. The number of rotatable bonds is 9. The third-order valence-electron chi connectivity index (χ3n) is 5.71. The predicted octanol–water partition coefficient (Wildman–Crippen LogP) is 0.955. The van der Waals surface area contributed by atoms with Gasteiger partial charge < -0.3 is 49.2 Å². The summed E-state index contributed by atoms with van der Waals surface area (Å²) in [4.78, 5) is 38.5. The minimum Gasteiger partial charge on any atom is -0.479 e. The van der Waals surface area contributed by atoms with Gasteiger partial charge in [-0.25, -0.2) is 14.4 Å². The Morgan fingerprint density at radius 2 is 1.58 bits per heavy atom. The Labute approximate surface area is 221 Å². The number of carboxylic acid groups (broad SMARTS) is 1. The highest BCUT2D eigenvalue weighted by atomic mass is 16.7. The molecule has 0 unspecified atom stereocenters. The summed E-state index contributed by atoms with van der Waals surface area (Å²) in [6, 6.07) is 4.88. The summed E-state index contributed by atoms with van der Waals surface area (Å²) in [5.41, 5.74) is 0.669. The minimum atomic E-state index is -1.82. The van der Waals surface area contributed by atoms with Gasteiger partial charge in [0.25, 0.3) is 0 Å². The highest BCUT2D eigenvalue weighted by Crippen LogP contribution is 2.28. The molecule has 38 heavy (non-hydrogen) atoms. The quantitative estimate of drug-likeness (QED) is 0.350. The summed E-state index contributed by atoms with van der Waals surface area (Å²) in [6.45, 7) is 7.56. The van der Waals surface area contributed by atoms with Gasteiger partial charge in [0.1, 0.15) is 36.3 Å². The fourth-order valence-corrected chi connectivity index (χ4v) is 3.47. The van der Waals surface area contributed by atoms with Crippen molar-refractivity contribution in [3.05, 3.63) is 29.3 Å². The molecule has 0 saturated carbocycles. The Morgan fingerprint density at radius 3 is 2.13 bits per heavy atom. The topological polar surface area (TPSA) is 176 Å². The molecule has 5 atom stereocenters. The molecule has 1 aliphatic rings. The summed E-state index contributed by atoms with van der Waals surface area (Å²) in [5.74, 6) is -1.24.